The van der Waals surface area contributed by atoms with Gasteiger partial charge in [-0.15, -0.1) is 0 Å². The Kier molecular flexibility index (Phi) is 4.01. The minimum Gasteiger partial charge on any atom is -0.451 e. The molecule has 2 heterocycles. The van der Waals surface area contributed by atoms with E-state index < -0.39 is 11.8 Å². The summed E-state index contributed by atoms with van der Waals surface area (Å²) in [7, 11) is 2.97. The number of imide groups is 1. The molecule has 0 spiro atoms. The Balaban J connectivity index is 1.68. The van der Waals surface area contributed by atoms with Crippen LogP contribution < -0.4 is 5.32 Å². The predicted octanol–water partition coefficient (Wildman–Crippen LogP) is 3.06. The van der Waals surface area contributed by atoms with E-state index in [1.54, 1.807) is 19.2 Å². The van der Waals surface area contributed by atoms with Gasteiger partial charge in [0.25, 0.3) is 17.7 Å². The van der Waals surface area contributed by atoms with Crippen molar-refractivity contribution in [1.29, 1.82) is 0 Å². The van der Waals surface area contributed by atoms with Gasteiger partial charge >= 0.3 is 0 Å². The van der Waals surface area contributed by atoms with E-state index in [4.69, 9.17) is 9.15 Å². The summed E-state index contributed by atoms with van der Waals surface area (Å²) in [5, 5.41) is 3.53. The molecule has 0 fully saturated rings. The maximum absolute atomic E-state index is 12.8. The number of amides is 3. The molecule has 1 aliphatic rings. The number of benzene rings is 2. The van der Waals surface area contributed by atoms with Crippen LogP contribution in [0, 0.1) is 0 Å². The minimum absolute atomic E-state index is 0.151. The van der Waals surface area contributed by atoms with Gasteiger partial charge in [0.15, 0.2) is 5.76 Å². The maximum Gasteiger partial charge on any atom is 0.291 e. The molecule has 0 aliphatic carbocycles. The molecule has 3 amide bonds. The first-order valence-electron chi connectivity index (χ1n) is 8.28. The van der Waals surface area contributed by atoms with Crippen LogP contribution in [0.4, 0.5) is 5.69 Å². The molecular weight excluding hydrogens is 348 g/mol. The molecule has 27 heavy (non-hydrogen) atoms. The fourth-order valence-corrected chi connectivity index (χ4v) is 3.20. The third-order valence-electron chi connectivity index (χ3n) is 4.54. The first kappa shape index (κ1) is 17.0. The van der Waals surface area contributed by atoms with Gasteiger partial charge in [-0.1, -0.05) is 18.2 Å². The van der Waals surface area contributed by atoms with Gasteiger partial charge < -0.3 is 14.5 Å². The van der Waals surface area contributed by atoms with Crippen LogP contribution in [-0.4, -0.2) is 36.8 Å². The number of para-hydroxylation sites is 1. The summed E-state index contributed by atoms with van der Waals surface area (Å²) in [6.45, 7) is 0.224. The Hall–Kier alpha value is -3.45. The third kappa shape index (κ3) is 2.69. The number of carbonyl (C=O) groups is 3. The molecule has 7 heteroatoms. The van der Waals surface area contributed by atoms with Crippen LogP contribution >= 0.6 is 0 Å². The Morgan fingerprint density at radius 1 is 1.11 bits per heavy atom. The van der Waals surface area contributed by atoms with Crippen LogP contribution in [0.2, 0.25) is 0 Å². The molecule has 136 valence electrons. The fraction of sp³-hybridized carbons (Fsp3) is 0.150. The number of rotatable bonds is 4. The molecule has 0 atom stereocenters. The summed E-state index contributed by atoms with van der Waals surface area (Å²) in [4.78, 5) is 37.9. The summed E-state index contributed by atoms with van der Waals surface area (Å²) in [5.74, 6) is -1.05. The highest BCUT2D eigenvalue weighted by molar-refractivity contribution is 6.21. The van der Waals surface area contributed by atoms with E-state index in [2.05, 4.69) is 5.32 Å². The number of methoxy groups -OCH3 is 1. The number of nitrogens with one attached hydrogen (secondary N) is 1. The third-order valence-corrected chi connectivity index (χ3v) is 4.54. The number of furan rings is 1. The normalized spacial score (nSPS) is 13.3. The van der Waals surface area contributed by atoms with Crippen molar-refractivity contribution >= 4 is 34.4 Å². The van der Waals surface area contributed by atoms with Gasteiger partial charge in [-0.2, -0.15) is 0 Å². The second-order valence-electron chi connectivity index (χ2n) is 6.22. The van der Waals surface area contributed by atoms with E-state index in [9.17, 15) is 14.4 Å². The van der Waals surface area contributed by atoms with Gasteiger partial charge in [0.1, 0.15) is 5.58 Å². The van der Waals surface area contributed by atoms with E-state index in [0.717, 1.165) is 10.3 Å². The molecule has 7 nitrogen and oxygen atoms in total. The zero-order valence-corrected chi connectivity index (χ0v) is 14.7. The molecule has 1 N–H and O–H groups in total. The molecule has 4 rings (SSSR count). The number of hydrogen-bond donors (Lipinski definition) is 1. The van der Waals surface area contributed by atoms with Crippen LogP contribution in [-0.2, 0) is 11.3 Å². The van der Waals surface area contributed by atoms with Gasteiger partial charge in [0, 0.05) is 30.8 Å². The van der Waals surface area contributed by atoms with Crippen molar-refractivity contribution in [3.8, 4) is 0 Å². The number of hydrogen-bond acceptors (Lipinski definition) is 5. The molecule has 0 bridgehead atoms. The smallest absolute Gasteiger partial charge is 0.291 e. The zero-order valence-electron chi connectivity index (χ0n) is 14.7. The van der Waals surface area contributed by atoms with Crippen LogP contribution in [0.15, 0.2) is 46.9 Å². The van der Waals surface area contributed by atoms with Gasteiger partial charge in [-0.3, -0.25) is 19.3 Å². The van der Waals surface area contributed by atoms with E-state index in [-0.39, 0.29) is 23.8 Å². The quantitative estimate of drug-likeness (QED) is 0.719. The number of nitrogens with zero attached hydrogens (tertiary/aromatic N) is 1. The van der Waals surface area contributed by atoms with Crippen LogP contribution in [0.1, 0.15) is 36.8 Å². The number of carbonyl (C=O) groups excluding carboxylic acids is 3. The van der Waals surface area contributed by atoms with E-state index >= 15 is 0 Å². The second-order valence-corrected chi connectivity index (χ2v) is 6.22. The maximum atomic E-state index is 12.8. The summed E-state index contributed by atoms with van der Waals surface area (Å²) >= 11 is 0. The molecule has 3 aromatic rings. The Bertz CT molecular complexity index is 1100. The van der Waals surface area contributed by atoms with E-state index in [1.807, 2.05) is 18.2 Å². The van der Waals surface area contributed by atoms with Crippen molar-refractivity contribution in [3.63, 3.8) is 0 Å². The average Bonchev–Trinajstić information content (AvgIpc) is 3.14. The SMILES string of the molecule is COCc1c(C(=O)Nc2ccc3c(c2)C(=O)N(C)C3=O)oc2ccccc12. The first-order chi connectivity index (χ1) is 13.0. The highest BCUT2D eigenvalue weighted by atomic mass is 16.5. The lowest BCUT2D eigenvalue weighted by Crippen LogP contribution is -2.24. The van der Waals surface area contributed by atoms with Crippen LogP contribution in [0.25, 0.3) is 11.0 Å². The molecule has 0 radical (unpaired) electrons. The van der Waals surface area contributed by atoms with E-state index in [1.165, 1.54) is 19.2 Å². The lowest BCUT2D eigenvalue weighted by atomic mass is 10.1. The first-order valence-corrected chi connectivity index (χ1v) is 8.28. The summed E-state index contributed by atoms with van der Waals surface area (Å²) in [5.41, 5.74) is 2.23. The van der Waals surface area contributed by atoms with Gasteiger partial charge in [-0.05, 0) is 24.3 Å². The highest BCUT2D eigenvalue weighted by Crippen LogP contribution is 2.28. The molecule has 0 saturated carbocycles. The number of fused-ring (bicyclic) bond motifs is 2. The molecule has 1 aliphatic heterocycles. The topological polar surface area (TPSA) is 88.9 Å². The van der Waals surface area contributed by atoms with Crippen LogP contribution in [0.5, 0.6) is 0 Å². The standard InChI is InChI=1S/C20H16N2O5/c1-22-19(24)13-8-7-11(9-14(13)20(22)25)21-18(23)17-15(10-26-2)12-5-3-4-6-16(12)27-17/h3-9H,10H2,1-2H3,(H,21,23). The Labute approximate surface area is 154 Å². The Morgan fingerprint density at radius 3 is 2.63 bits per heavy atom. The fourth-order valence-electron chi connectivity index (χ4n) is 3.20. The molecule has 0 unspecified atom stereocenters. The minimum atomic E-state index is -0.455. The molecule has 1 aromatic heterocycles. The van der Waals surface area contributed by atoms with Crippen molar-refractivity contribution in [3.05, 3.63) is 64.9 Å². The highest BCUT2D eigenvalue weighted by Gasteiger charge is 2.33. The van der Waals surface area contributed by atoms with Crippen molar-refractivity contribution < 1.29 is 23.5 Å². The van der Waals surface area contributed by atoms with Crippen LogP contribution in [0.3, 0.4) is 0 Å². The van der Waals surface area contributed by atoms with E-state index in [0.29, 0.717) is 22.4 Å². The predicted molar refractivity (Wildman–Crippen MR) is 97.7 cm³/mol. The van der Waals surface area contributed by atoms with Crippen molar-refractivity contribution in [2.75, 3.05) is 19.5 Å². The lowest BCUT2D eigenvalue weighted by molar-refractivity contribution is 0.0692. The number of anilines is 1. The average molecular weight is 364 g/mol. The largest absolute Gasteiger partial charge is 0.451 e. The molecular formula is C20H16N2O5. The lowest BCUT2D eigenvalue weighted by Gasteiger charge is -2.06. The van der Waals surface area contributed by atoms with Gasteiger partial charge in [0.2, 0.25) is 0 Å². The van der Waals surface area contributed by atoms with Crippen molar-refractivity contribution in [2.24, 2.45) is 0 Å². The second kappa shape index (κ2) is 6.37. The Morgan fingerprint density at radius 2 is 1.85 bits per heavy atom. The monoisotopic (exact) mass is 364 g/mol. The zero-order chi connectivity index (χ0) is 19.1. The molecule has 0 saturated heterocycles. The molecule has 2 aromatic carbocycles. The van der Waals surface area contributed by atoms with Gasteiger partial charge in [-0.25, -0.2) is 0 Å². The summed E-state index contributed by atoms with van der Waals surface area (Å²) in [6, 6.07) is 11.9. The number of ether oxygens (including phenoxy) is 1. The van der Waals surface area contributed by atoms with Gasteiger partial charge in [0.05, 0.1) is 17.7 Å². The van der Waals surface area contributed by atoms with Crippen molar-refractivity contribution in [2.45, 2.75) is 6.61 Å². The van der Waals surface area contributed by atoms with Crippen molar-refractivity contribution in [1.82, 2.24) is 4.90 Å². The summed E-state index contributed by atoms with van der Waals surface area (Å²) in [6.07, 6.45) is 0. The summed E-state index contributed by atoms with van der Waals surface area (Å²) < 4.78 is 10.9.